The summed E-state index contributed by atoms with van der Waals surface area (Å²) in [4.78, 5) is 0. The van der Waals surface area contributed by atoms with Gasteiger partial charge < -0.3 is 0 Å². The second-order valence-electron chi connectivity index (χ2n) is 12.3. The Morgan fingerprint density at radius 2 is 1.36 bits per heavy atom. The number of fused-ring (bicyclic) bond motifs is 2. The van der Waals surface area contributed by atoms with Crippen LogP contribution < -0.4 is 0 Å². The Labute approximate surface area is 215 Å². The zero-order valence-corrected chi connectivity index (χ0v) is 26.3. The predicted octanol–water partition coefficient (Wildman–Crippen LogP) is 9.73. The summed E-state index contributed by atoms with van der Waals surface area (Å²) >= 11 is -1.18. The van der Waals surface area contributed by atoms with Crippen LogP contribution in [0.25, 0.3) is 6.08 Å². The third-order valence-electron chi connectivity index (χ3n) is 9.32. The molecule has 0 bridgehead atoms. The van der Waals surface area contributed by atoms with E-state index in [-0.39, 0.29) is 0 Å². The van der Waals surface area contributed by atoms with Gasteiger partial charge in [0.25, 0.3) is 0 Å². The number of hydrogen-bond acceptors (Lipinski definition) is 0. The van der Waals surface area contributed by atoms with Gasteiger partial charge in [-0.1, -0.05) is 0 Å². The molecule has 0 N–H and O–H groups in total. The molecule has 178 valence electrons. The zero-order valence-electron chi connectivity index (χ0n) is 22.7. The van der Waals surface area contributed by atoms with Crippen molar-refractivity contribution in [3.05, 3.63) is 62.8 Å². The van der Waals surface area contributed by atoms with Crippen LogP contribution in [0.1, 0.15) is 123 Å². The third kappa shape index (κ3) is 4.62. The quantitative estimate of drug-likeness (QED) is 0.193. The van der Waals surface area contributed by atoms with Crippen molar-refractivity contribution in [3.63, 3.8) is 0 Å². The van der Waals surface area contributed by atoms with Crippen LogP contribution in [0.15, 0.2) is 40.5 Å². The van der Waals surface area contributed by atoms with Crippen LogP contribution in [0, 0.1) is 5.41 Å². The predicted molar refractivity (Wildman–Crippen MR) is 141 cm³/mol. The molecule has 0 aromatic heterocycles. The Bertz CT molecular complexity index is 991. The number of benzene rings is 1. The molecule has 0 spiro atoms. The normalized spacial score (nSPS) is 24.6. The van der Waals surface area contributed by atoms with E-state index >= 15 is 0 Å². The molecule has 0 heterocycles. The van der Waals surface area contributed by atoms with Crippen LogP contribution >= 0.6 is 0 Å². The maximum atomic E-state index is 2.71. The summed E-state index contributed by atoms with van der Waals surface area (Å²) < 4.78 is 0.727. The van der Waals surface area contributed by atoms with Crippen LogP contribution in [0.5, 0.6) is 0 Å². The molecular formula is C32H46Hf. The fourth-order valence-electron chi connectivity index (χ4n) is 6.78. The first-order valence-corrected chi connectivity index (χ1v) is 17.1. The van der Waals surface area contributed by atoms with Crippen molar-refractivity contribution in [1.82, 2.24) is 0 Å². The first-order chi connectivity index (χ1) is 15.5. The molecule has 1 unspecified atom stereocenters. The molecule has 0 fully saturated rings. The fraction of sp³-hybridized carbons (Fsp3) is 0.625. The van der Waals surface area contributed by atoms with Crippen LogP contribution in [-0.4, -0.2) is 0 Å². The number of rotatable bonds is 9. The van der Waals surface area contributed by atoms with E-state index in [4.69, 9.17) is 0 Å². The molecule has 0 nitrogen and oxygen atoms in total. The molecule has 4 rings (SSSR count). The van der Waals surface area contributed by atoms with Gasteiger partial charge in [-0.2, -0.15) is 0 Å². The summed E-state index contributed by atoms with van der Waals surface area (Å²) in [6, 6.07) is 5.28. The average molecular weight is 609 g/mol. The molecule has 0 radical (unpaired) electrons. The Kier molecular flexibility index (Phi) is 7.24. The Hall–Kier alpha value is -0.690. The van der Waals surface area contributed by atoms with Crippen molar-refractivity contribution in [2.24, 2.45) is 5.41 Å². The second-order valence-corrected chi connectivity index (χ2v) is 20.0. The fourth-order valence-corrected chi connectivity index (χ4v) is 15.6. The summed E-state index contributed by atoms with van der Waals surface area (Å²) in [6.07, 6.45) is 17.5. The van der Waals surface area contributed by atoms with Crippen LogP contribution in [-0.2, 0) is 38.9 Å². The molecule has 3 aliphatic carbocycles. The van der Waals surface area contributed by atoms with Crippen molar-refractivity contribution >= 4 is 6.08 Å². The van der Waals surface area contributed by atoms with Gasteiger partial charge in [0, 0.05) is 0 Å². The van der Waals surface area contributed by atoms with E-state index < -0.39 is 22.9 Å². The summed E-state index contributed by atoms with van der Waals surface area (Å²) in [5.74, 6) is 0. The van der Waals surface area contributed by atoms with Gasteiger partial charge in [-0.05, 0) is 0 Å². The molecule has 0 saturated heterocycles. The van der Waals surface area contributed by atoms with E-state index in [2.05, 4.69) is 79.7 Å². The minimum absolute atomic E-state index is 0.362. The van der Waals surface area contributed by atoms with Gasteiger partial charge >= 0.3 is 217 Å². The standard InChI is InChI=1S/C22H31.C10H15.Hf/c1-4-5-6-7-8-9-10-17-11-12-18-13-19-15-22(2,3)16-20(19)14-21(17)18;1-6-7(2)9(4)10(5)8(6)3;/h11-14H,4-10,15-16H2,1-3H3;1-5H3;. The van der Waals surface area contributed by atoms with Crippen molar-refractivity contribution in [1.29, 1.82) is 0 Å². The number of hydrogen-bond donors (Lipinski definition) is 0. The molecule has 1 heteroatoms. The molecule has 0 saturated carbocycles. The van der Waals surface area contributed by atoms with E-state index in [0.29, 0.717) is 11.8 Å². The van der Waals surface area contributed by atoms with Crippen molar-refractivity contribution in [2.75, 3.05) is 0 Å². The Morgan fingerprint density at radius 1 is 0.788 bits per heavy atom. The summed E-state index contributed by atoms with van der Waals surface area (Å²) in [5.41, 5.74) is 13.5. The SMILES string of the molecule is CCCCCCCC[C]1([Hf][C]2(C)C(C)=C(C)C(C)=C2C)C=Cc2cc3c(cc21)CC(C)(C)C3. The van der Waals surface area contributed by atoms with E-state index in [9.17, 15) is 0 Å². The van der Waals surface area contributed by atoms with E-state index in [1.165, 1.54) is 57.8 Å². The molecule has 33 heavy (non-hydrogen) atoms. The topological polar surface area (TPSA) is 0 Å². The third-order valence-corrected chi connectivity index (χ3v) is 17.9. The van der Waals surface area contributed by atoms with Crippen molar-refractivity contribution in [2.45, 2.75) is 120 Å². The zero-order chi connectivity index (χ0) is 24.0. The van der Waals surface area contributed by atoms with Gasteiger partial charge in [-0.15, -0.1) is 0 Å². The summed E-state index contributed by atoms with van der Waals surface area (Å²) in [7, 11) is 0. The average Bonchev–Trinajstić information content (AvgIpc) is 3.30. The maximum absolute atomic E-state index is 2.71. The van der Waals surface area contributed by atoms with Crippen LogP contribution in [0.4, 0.5) is 0 Å². The minimum atomic E-state index is -1.18. The molecule has 3 aliphatic rings. The van der Waals surface area contributed by atoms with Crippen molar-refractivity contribution < 1.29 is 22.9 Å². The summed E-state index contributed by atoms with van der Waals surface area (Å²) in [5, 5.41) is 0. The van der Waals surface area contributed by atoms with Crippen molar-refractivity contribution in [3.8, 4) is 0 Å². The molecular weight excluding hydrogens is 563 g/mol. The first-order valence-electron chi connectivity index (χ1n) is 13.5. The molecule has 0 aliphatic heterocycles. The van der Waals surface area contributed by atoms with E-state index in [0.717, 1.165) is 0 Å². The molecule has 1 atom stereocenters. The Morgan fingerprint density at radius 3 is 2.00 bits per heavy atom. The summed E-state index contributed by atoms with van der Waals surface area (Å²) in [6.45, 7) is 19.5. The Balaban J connectivity index is 1.68. The number of allylic oxidation sites excluding steroid dienone is 5. The van der Waals surface area contributed by atoms with Gasteiger partial charge in [0.2, 0.25) is 0 Å². The van der Waals surface area contributed by atoms with Crippen LogP contribution in [0.3, 0.4) is 0 Å². The first kappa shape index (κ1) is 25.4. The second kappa shape index (κ2) is 9.40. The van der Waals surface area contributed by atoms with Gasteiger partial charge in [-0.3, -0.25) is 0 Å². The monoisotopic (exact) mass is 610 g/mol. The molecule has 1 aromatic rings. The van der Waals surface area contributed by atoms with Gasteiger partial charge in [0.1, 0.15) is 0 Å². The number of unbranched alkanes of at least 4 members (excludes halogenated alkanes) is 5. The van der Waals surface area contributed by atoms with Crippen LogP contribution in [0.2, 0.25) is 3.17 Å². The molecule has 0 amide bonds. The van der Waals surface area contributed by atoms with E-state index in [1.54, 1.807) is 44.5 Å². The molecule has 1 aromatic carbocycles. The van der Waals surface area contributed by atoms with Gasteiger partial charge in [0.15, 0.2) is 0 Å². The van der Waals surface area contributed by atoms with E-state index in [1.807, 2.05) is 0 Å². The van der Waals surface area contributed by atoms with Gasteiger partial charge in [0.05, 0.1) is 0 Å². The van der Waals surface area contributed by atoms with Gasteiger partial charge in [-0.25, -0.2) is 0 Å².